The fraction of sp³-hybridized carbons (Fsp3) is 0.500. The monoisotopic (exact) mass is 360 g/mol. The number of nitrogens with zero attached hydrogens (tertiary/aromatic N) is 3. The smallest absolute Gasteiger partial charge is 0.272 e. The number of thiophene rings is 1. The Balaban J connectivity index is 1.70. The van der Waals surface area contributed by atoms with Gasteiger partial charge in [-0.25, -0.2) is 4.98 Å². The van der Waals surface area contributed by atoms with Crippen LogP contribution in [0.4, 0.5) is 0 Å². The van der Waals surface area contributed by atoms with E-state index >= 15 is 0 Å². The van der Waals surface area contributed by atoms with Gasteiger partial charge in [0.2, 0.25) is 5.91 Å². The van der Waals surface area contributed by atoms with E-state index in [0.29, 0.717) is 18.3 Å². The first-order chi connectivity index (χ1) is 12.0. The second kappa shape index (κ2) is 7.39. The number of imidazole rings is 1. The summed E-state index contributed by atoms with van der Waals surface area (Å²) in [5.41, 5.74) is 1.41. The third-order valence-corrected chi connectivity index (χ3v) is 5.70. The highest BCUT2D eigenvalue weighted by Crippen LogP contribution is 2.27. The summed E-state index contributed by atoms with van der Waals surface area (Å²) in [7, 11) is 0. The Morgan fingerprint density at radius 3 is 2.64 bits per heavy atom. The van der Waals surface area contributed by atoms with Crippen LogP contribution in [-0.4, -0.2) is 39.4 Å². The van der Waals surface area contributed by atoms with E-state index in [9.17, 15) is 9.59 Å². The van der Waals surface area contributed by atoms with Gasteiger partial charge in [-0.2, -0.15) is 0 Å². The molecule has 2 amide bonds. The normalized spacial score (nSPS) is 15.4. The predicted molar refractivity (Wildman–Crippen MR) is 97.7 cm³/mol. The highest BCUT2D eigenvalue weighted by molar-refractivity contribution is 7.09. The lowest BCUT2D eigenvalue weighted by atomic mass is 10.0. The van der Waals surface area contributed by atoms with Crippen LogP contribution in [0, 0.1) is 13.8 Å². The summed E-state index contributed by atoms with van der Waals surface area (Å²) in [6, 6.07) is 4.27. The highest BCUT2D eigenvalue weighted by Gasteiger charge is 2.26. The quantitative estimate of drug-likeness (QED) is 0.911. The molecule has 0 radical (unpaired) electrons. The molecule has 6 nitrogen and oxygen atoms in total. The lowest BCUT2D eigenvalue weighted by Gasteiger charge is -2.33. The van der Waals surface area contributed by atoms with Crippen molar-refractivity contribution in [2.75, 3.05) is 13.1 Å². The molecule has 0 spiro atoms. The molecule has 134 valence electrons. The van der Waals surface area contributed by atoms with Crippen molar-refractivity contribution < 1.29 is 9.59 Å². The van der Waals surface area contributed by atoms with E-state index in [4.69, 9.17) is 0 Å². The summed E-state index contributed by atoms with van der Waals surface area (Å²) in [4.78, 5) is 31.5. The van der Waals surface area contributed by atoms with Gasteiger partial charge in [0.25, 0.3) is 5.91 Å². The summed E-state index contributed by atoms with van der Waals surface area (Å²) in [6.07, 6.45) is 1.79. The van der Waals surface area contributed by atoms with Crippen LogP contribution in [0.1, 0.15) is 52.7 Å². The van der Waals surface area contributed by atoms with E-state index < -0.39 is 0 Å². The number of nitrogens with one attached hydrogen (secondary N) is 1. The van der Waals surface area contributed by atoms with Crippen LogP contribution in [0.25, 0.3) is 0 Å². The van der Waals surface area contributed by atoms with Crippen LogP contribution >= 0.6 is 11.3 Å². The molecule has 1 aliphatic rings. The summed E-state index contributed by atoms with van der Waals surface area (Å²) in [6.45, 7) is 7.56. The zero-order valence-corrected chi connectivity index (χ0v) is 15.7. The van der Waals surface area contributed by atoms with Gasteiger partial charge in [0, 0.05) is 36.6 Å². The molecule has 0 unspecified atom stereocenters. The molecule has 2 aromatic heterocycles. The van der Waals surface area contributed by atoms with Crippen molar-refractivity contribution in [1.82, 2.24) is 19.8 Å². The van der Waals surface area contributed by atoms with Gasteiger partial charge in [-0.3, -0.25) is 9.59 Å². The zero-order valence-electron chi connectivity index (χ0n) is 14.9. The third kappa shape index (κ3) is 3.76. The standard InChI is InChI=1S/C18H24N4O2S/c1-12-17(18(24)19-11-16-5-4-10-25-16)20-13(2)22(12)15-6-8-21(9-7-15)14(3)23/h4-5,10,15H,6-9,11H2,1-3H3,(H,19,24). The molecular formula is C18H24N4O2S. The molecule has 0 atom stereocenters. The summed E-state index contributed by atoms with van der Waals surface area (Å²) in [5.74, 6) is 0.861. The summed E-state index contributed by atoms with van der Waals surface area (Å²) >= 11 is 1.63. The van der Waals surface area contributed by atoms with E-state index in [1.807, 2.05) is 36.3 Å². The fourth-order valence-corrected chi connectivity index (χ4v) is 4.15. The van der Waals surface area contributed by atoms with E-state index in [1.165, 1.54) is 0 Å². The van der Waals surface area contributed by atoms with Crippen LogP contribution in [-0.2, 0) is 11.3 Å². The Morgan fingerprint density at radius 1 is 1.32 bits per heavy atom. The predicted octanol–water partition coefficient (Wildman–Crippen LogP) is 2.67. The van der Waals surface area contributed by atoms with Crippen LogP contribution in [0.15, 0.2) is 17.5 Å². The molecule has 25 heavy (non-hydrogen) atoms. The van der Waals surface area contributed by atoms with E-state index in [2.05, 4.69) is 14.9 Å². The first kappa shape index (κ1) is 17.7. The number of hydrogen-bond donors (Lipinski definition) is 1. The minimum atomic E-state index is -0.131. The second-order valence-corrected chi connectivity index (χ2v) is 7.49. The number of amides is 2. The molecule has 2 aromatic rings. The lowest BCUT2D eigenvalue weighted by molar-refractivity contribution is -0.130. The van der Waals surface area contributed by atoms with Crippen LogP contribution < -0.4 is 5.32 Å². The fourth-order valence-electron chi connectivity index (χ4n) is 3.51. The number of aromatic nitrogens is 2. The lowest BCUT2D eigenvalue weighted by Crippen LogP contribution is -2.38. The zero-order chi connectivity index (χ0) is 18.0. The van der Waals surface area contributed by atoms with E-state index in [0.717, 1.165) is 42.3 Å². The van der Waals surface area contributed by atoms with Crippen molar-refractivity contribution >= 4 is 23.2 Å². The Kier molecular flexibility index (Phi) is 5.22. The molecule has 3 rings (SSSR count). The van der Waals surface area contributed by atoms with Crippen molar-refractivity contribution in [3.05, 3.63) is 39.6 Å². The number of hydrogen-bond acceptors (Lipinski definition) is 4. The average Bonchev–Trinajstić information content (AvgIpc) is 3.21. The van der Waals surface area contributed by atoms with Gasteiger partial charge in [-0.05, 0) is 38.1 Å². The maximum absolute atomic E-state index is 12.5. The van der Waals surface area contributed by atoms with Gasteiger partial charge in [-0.15, -0.1) is 11.3 Å². The first-order valence-corrected chi connectivity index (χ1v) is 9.47. The van der Waals surface area contributed by atoms with Gasteiger partial charge < -0.3 is 14.8 Å². The molecule has 1 fully saturated rings. The minimum Gasteiger partial charge on any atom is -0.346 e. The number of likely N-dealkylation sites (tertiary alicyclic amines) is 1. The van der Waals surface area contributed by atoms with Crippen LogP contribution in [0.3, 0.4) is 0 Å². The third-order valence-electron chi connectivity index (χ3n) is 4.82. The van der Waals surface area contributed by atoms with Crippen molar-refractivity contribution in [2.45, 2.75) is 46.2 Å². The number of rotatable bonds is 4. The Hall–Kier alpha value is -2.15. The summed E-state index contributed by atoms with van der Waals surface area (Å²) in [5, 5.41) is 4.95. The van der Waals surface area contributed by atoms with Gasteiger partial charge in [0.1, 0.15) is 11.5 Å². The topological polar surface area (TPSA) is 67.2 Å². The van der Waals surface area contributed by atoms with Gasteiger partial charge in [-0.1, -0.05) is 6.07 Å². The van der Waals surface area contributed by atoms with Gasteiger partial charge >= 0.3 is 0 Å². The molecule has 1 aliphatic heterocycles. The van der Waals surface area contributed by atoms with Crippen LogP contribution in [0.5, 0.6) is 0 Å². The molecule has 3 heterocycles. The SMILES string of the molecule is CC(=O)N1CCC(n2c(C)nc(C(=O)NCc3cccs3)c2C)CC1. The molecule has 1 N–H and O–H groups in total. The molecule has 7 heteroatoms. The maximum Gasteiger partial charge on any atom is 0.272 e. The van der Waals surface area contributed by atoms with E-state index in [1.54, 1.807) is 18.3 Å². The van der Waals surface area contributed by atoms with Crippen molar-refractivity contribution in [3.8, 4) is 0 Å². The minimum absolute atomic E-state index is 0.131. The maximum atomic E-state index is 12.5. The number of carbonyl (C=O) groups is 2. The average molecular weight is 360 g/mol. The molecular weight excluding hydrogens is 336 g/mol. The highest BCUT2D eigenvalue weighted by atomic mass is 32.1. The van der Waals surface area contributed by atoms with E-state index in [-0.39, 0.29) is 11.8 Å². The number of aryl methyl sites for hydroxylation is 1. The number of carbonyl (C=O) groups excluding carboxylic acids is 2. The number of piperidine rings is 1. The molecule has 0 aliphatic carbocycles. The molecule has 0 saturated carbocycles. The molecule has 1 saturated heterocycles. The van der Waals surface area contributed by atoms with Crippen molar-refractivity contribution in [2.24, 2.45) is 0 Å². The first-order valence-electron chi connectivity index (χ1n) is 8.59. The Morgan fingerprint density at radius 2 is 2.04 bits per heavy atom. The largest absolute Gasteiger partial charge is 0.346 e. The van der Waals surface area contributed by atoms with Crippen LogP contribution in [0.2, 0.25) is 0 Å². The Labute approximate surface area is 151 Å². The van der Waals surface area contributed by atoms with Crippen molar-refractivity contribution in [3.63, 3.8) is 0 Å². The van der Waals surface area contributed by atoms with Gasteiger partial charge in [0.15, 0.2) is 0 Å². The van der Waals surface area contributed by atoms with Gasteiger partial charge in [0.05, 0.1) is 6.54 Å². The second-order valence-electron chi connectivity index (χ2n) is 6.46. The summed E-state index contributed by atoms with van der Waals surface area (Å²) < 4.78 is 2.16. The molecule has 0 aromatic carbocycles. The molecule has 0 bridgehead atoms. The van der Waals surface area contributed by atoms with Crippen molar-refractivity contribution in [1.29, 1.82) is 0 Å². The Bertz CT molecular complexity index is 758.